The van der Waals surface area contributed by atoms with Gasteiger partial charge in [0.25, 0.3) is 0 Å². The summed E-state index contributed by atoms with van der Waals surface area (Å²) in [5.41, 5.74) is 1.66. The van der Waals surface area contributed by atoms with Crippen molar-refractivity contribution < 1.29 is 9.53 Å². The van der Waals surface area contributed by atoms with E-state index in [9.17, 15) is 4.79 Å². The summed E-state index contributed by atoms with van der Waals surface area (Å²) in [5, 5.41) is 0. The van der Waals surface area contributed by atoms with Crippen LogP contribution < -0.4 is 0 Å². The quantitative estimate of drug-likeness (QED) is 0.378. The Morgan fingerprint density at radius 2 is 1.47 bits per heavy atom. The largest absolute Gasteiger partial charge is 0.469 e. The van der Waals surface area contributed by atoms with Crippen LogP contribution in [0.1, 0.15) is 120 Å². The molecule has 0 saturated heterocycles. The molecule has 194 valence electrons. The molecule has 0 aromatic heterocycles. The van der Waals surface area contributed by atoms with Gasteiger partial charge in [-0.15, -0.1) is 0 Å². The van der Waals surface area contributed by atoms with Gasteiger partial charge in [-0.3, -0.25) is 4.79 Å². The molecule has 5 saturated carbocycles. The molecule has 5 unspecified atom stereocenters. The Kier molecular flexibility index (Phi) is 5.72. The van der Waals surface area contributed by atoms with Crippen molar-refractivity contribution in [3.63, 3.8) is 0 Å². The first-order valence-electron chi connectivity index (χ1n) is 14.8. The normalized spacial score (nSPS) is 53.9. The standard InChI is InChI=1S/C32H54O2/c1-20(2)21-12-16-29(5)18-19-30(6)22(26(21)29)10-11-25-31(30,7)17-14-24-28(3,4)15-13-23(27(33)34-9)32(24,25)8/h20-26H,10-19H2,1-9H3/t21-,22?,23?,24?,25?,26?,29-,30-,31-,32+/m1/s1. The third-order valence-electron chi connectivity index (χ3n) is 14.2. The number of methoxy groups -OCH3 is 1. The highest BCUT2D eigenvalue weighted by Crippen LogP contribution is 2.78. The van der Waals surface area contributed by atoms with Gasteiger partial charge in [-0.05, 0) is 127 Å². The molecule has 5 aliphatic rings. The van der Waals surface area contributed by atoms with Gasteiger partial charge in [-0.2, -0.15) is 0 Å². The average molecular weight is 471 g/mol. The second-order valence-corrected chi connectivity index (χ2v) is 15.8. The third kappa shape index (κ3) is 3.01. The Morgan fingerprint density at radius 1 is 0.765 bits per heavy atom. The highest BCUT2D eigenvalue weighted by molar-refractivity contribution is 5.73. The predicted octanol–water partition coefficient (Wildman–Crippen LogP) is 8.53. The fourth-order valence-corrected chi connectivity index (χ4v) is 12.3. The van der Waals surface area contributed by atoms with Crippen LogP contribution in [0, 0.1) is 68.5 Å². The van der Waals surface area contributed by atoms with Gasteiger partial charge in [0.05, 0.1) is 13.0 Å². The third-order valence-corrected chi connectivity index (χ3v) is 14.2. The monoisotopic (exact) mass is 470 g/mol. The van der Waals surface area contributed by atoms with Crippen LogP contribution in [0.15, 0.2) is 0 Å². The molecule has 5 rings (SSSR count). The Hall–Kier alpha value is -0.530. The first kappa shape index (κ1) is 25.1. The van der Waals surface area contributed by atoms with Crippen LogP contribution >= 0.6 is 0 Å². The van der Waals surface area contributed by atoms with E-state index < -0.39 is 0 Å². The zero-order valence-electron chi connectivity index (χ0n) is 23.9. The first-order valence-corrected chi connectivity index (χ1v) is 14.8. The summed E-state index contributed by atoms with van der Waals surface area (Å²) in [6, 6.07) is 0. The summed E-state index contributed by atoms with van der Waals surface area (Å²) < 4.78 is 5.49. The van der Waals surface area contributed by atoms with E-state index in [2.05, 4.69) is 55.4 Å². The number of esters is 1. The molecule has 0 aromatic carbocycles. The second kappa shape index (κ2) is 7.74. The van der Waals surface area contributed by atoms with Crippen molar-refractivity contribution in [2.45, 2.75) is 120 Å². The number of hydrogen-bond acceptors (Lipinski definition) is 2. The molecule has 2 nitrogen and oxygen atoms in total. The average Bonchev–Trinajstić information content (AvgIpc) is 3.11. The molecule has 0 amide bonds. The van der Waals surface area contributed by atoms with Gasteiger partial charge in [0.15, 0.2) is 0 Å². The topological polar surface area (TPSA) is 26.3 Å². The van der Waals surface area contributed by atoms with Crippen molar-refractivity contribution in [2.75, 3.05) is 7.11 Å². The molecule has 0 N–H and O–H groups in total. The van der Waals surface area contributed by atoms with E-state index >= 15 is 0 Å². The van der Waals surface area contributed by atoms with Crippen LogP contribution in [-0.4, -0.2) is 13.1 Å². The number of hydrogen-bond donors (Lipinski definition) is 0. The Bertz CT molecular complexity index is 829. The lowest BCUT2D eigenvalue weighted by Crippen LogP contribution is -2.67. The molecular weight excluding hydrogens is 416 g/mol. The molecule has 0 aromatic rings. The number of ether oxygens (including phenoxy) is 1. The smallest absolute Gasteiger partial charge is 0.309 e. The summed E-state index contributed by atoms with van der Waals surface area (Å²) in [4.78, 5) is 13.3. The van der Waals surface area contributed by atoms with Crippen LogP contribution in [0.3, 0.4) is 0 Å². The minimum Gasteiger partial charge on any atom is -0.469 e. The van der Waals surface area contributed by atoms with Gasteiger partial charge >= 0.3 is 5.97 Å². The number of carbonyl (C=O) groups excluding carboxylic acids is 1. The van der Waals surface area contributed by atoms with Gasteiger partial charge in [-0.1, -0.05) is 55.4 Å². The number of carbonyl (C=O) groups is 1. The van der Waals surface area contributed by atoms with Crippen LogP contribution in [0.5, 0.6) is 0 Å². The zero-order chi connectivity index (χ0) is 24.9. The van der Waals surface area contributed by atoms with Crippen molar-refractivity contribution in [3.8, 4) is 0 Å². The van der Waals surface area contributed by atoms with Crippen LogP contribution in [0.4, 0.5) is 0 Å². The molecule has 34 heavy (non-hydrogen) atoms. The van der Waals surface area contributed by atoms with E-state index in [4.69, 9.17) is 4.74 Å². The minimum atomic E-state index is 0.0592. The lowest BCUT2D eigenvalue weighted by molar-refractivity contribution is -0.251. The van der Waals surface area contributed by atoms with Gasteiger partial charge in [0, 0.05) is 0 Å². The van der Waals surface area contributed by atoms with E-state index in [1.165, 1.54) is 51.4 Å². The van der Waals surface area contributed by atoms with E-state index in [0.29, 0.717) is 33.5 Å². The molecule has 0 bridgehead atoms. The van der Waals surface area contributed by atoms with E-state index in [1.54, 1.807) is 7.11 Å². The second-order valence-electron chi connectivity index (χ2n) is 15.8. The van der Waals surface area contributed by atoms with Gasteiger partial charge in [-0.25, -0.2) is 0 Å². The Labute approximate surface area is 210 Å². The van der Waals surface area contributed by atoms with Crippen LogP contribution in [-0.2, 0) is 9.53 Å². The zero-order valence-corrected chi connectivity index (χ0v) is 23.9. The van der Waals surface area contributed by atoms with Crippen molar-refractivity contribution >= 4 is 5.97 Å². The summed E-state index contributed by atoms with van der Waals surface area (Å²) in [5.74, 6) is 4.86. The summed E-state index contributed by atoms with van der Waals surface area (Å²) >= 11 is 0. The lowest BCUT2D eigenvalue weighted by Gasteiger charge is -2.73. The molecule has 0 spiro atoms. The molecule has 2 heteroatoms. The summed E-state index contributed by atoms with van der Waals surface area (Å²) in [7, 11) is 1.62. The molecule has 5 aliphatic carbocycles. The molecule has 0 radical (unpaired) electrons. The van der Waals surface area contributed by atoms with Gasteiger partial charge in [0.2, 0.25) is 0 Å². The van der Waals surface area contributed by atoms with Gasteiger partial charge < -0.3 is 4.74 Å². The summed E-state index contributed by atoms with van der Waals surface area (Å²) in [6.45, 7) is 20.6. The molecular formula is C32H54O2. The van der Waals surface area contributed by atoms with Crippen LogP contribution in [0.25, 0.3) is 0 Å². The highest BCUT2D eigenvalue weighted by Gasteiger charge is 2.71. The maximum atomic E-state index is 13.3. The minimum absolute atomic E-state index is 0.0592. The van der Waals surface area contributed by atoms with Crippen molar-refractivity contribution in [1.82, 2.24) is 0 Å². The van der Waals surface area contributed by atoms with Crippen LogP contribution in [0.2, 0.25) is 0 Å². The summed E-state index contributed by atoms with van der Waals surface area (Å²) in [6.07, 6.45) is 13.2. The maximum absolute atomic E-state index is 13.3. The first-order chi connectivity index (χ1) is 15.8. The van der Waals surface area contributed by atoms with Gasteiger partial charge in [0.1, 0.15) is 0 Å². The predicted molar refractivity (Wildman–Crippen MR) is 140 cm³/mol. The highest BCUT2D eigenvalue weighted by atomic mass is 16.5. The maximum Gasteiger partial charge on any atom is 0.309 e. The molecule has 0 heterocycles. The fourth-order valence-electron chi connectivity index (χ4n) is 12.3. The lowest BCUT2D eigenvalue weighted by atomic mass is 9.31. The molecule has 0 aliphatic heterocycles. The van der Waals surface area contributed by atoms with Crippen molar-refractivity contribution in [2.24, 2.45) is 68.5 Å². The Morgan fingerprint density at radius 3 is 2.12 bits per heavy atom. The van der Waals surface area contributed by atoms with E-state index in [0.717, 1.165) is 36.5 Å². The fraction of sp³-hybridized carbons (Fsp3) is 0.969. The number of rotatable bonds is 2. The van der Waals surface area contributed by atoms with E-state index in [1.807, 2.05) is 0 Å². The Balaban J connectivity index is 1.58. The SMILES string of the molecule is COC(=O)C1CCC(C)(C)C2CC[C@]3(C)C(CCC4C5[C@@H](C(C)C)CC[C@]5(C)CC[C@]43C)[C@@]12C. The van der Waals surface area contributed by atoms with Crippen molar-refractivity contribution in [3.05, 3.63) is 0 Å². The van der Waals surface area contributed by atoms with E-state index in [-0.39, 0.29) is 17.3 Å². The van der Waals surface area contributed by atoms with Crippen molar-refractivity contribution in [1.29, 1.82) is 0 Å². The molecule has 5 fully saturated rings. The number of fused-ring (bicyclic) bond motifs is 7. The molecule has 10 atom stereocenters.